The Labute approximate surface area is 182 Å². The van der Waals surface area contributed by atoms with Crippen molar-refractivity contribution in [2.24, 2.45) is 4.99 Å². The molecule has 0 radical (unpaired) electrons. The highest BCUT2D eigenvalue weighted by molar-refractivity contribution is 8.14. The van der Waals surface area contributed by atoms with Crippen molar-refractivity contribution in [2.75, 3.05) is 26.6 Å². The molecule has 1 aliphatic heterocycles. The van der Waals surface area contributed by atoms with E-state index < -0.39 is 11.5 Å². The molecule has 31 heavy (non-hydrogen) atoms. The molecule has 0 amide bonds. The quantitative estimate of drug-likeness (QED) is 0.547. The zero-order valence-electron chi connectivity index (χ0n) is 17.0. The lowest BCUT2D eigenvalue weighted by atomic mass is 9.96. The van der Waals surface area contributed by atoms with Gasteiger partial charge in [-0.1, -0.05) is 0 Å². The smallest absolute Gasteiger partial charge is 0.332 e. The minimum absolute atomic E-state index is 0.146. The molecule has 4 rings (SSSR count). The number of rotatable bonds is 8. The second kappa shape index (κ2) is 8.50. The van der Waals surface area contributed by atoms with Gasteiger partial charge in [-0.25, -0.2) is 9.18 Å². The predicted molar refractivity (Wildman–Crippen MR) is 117 cm³/mol. The molecule has 1 atom stereocenters. The molecule has 0 saturated heterocycles. The van der Waals surface area contributed by atoms with Crippen LogP contribution in [0.2, 0.25) is 0 Å². The first-order valence-electron chi connectivity index (χ1n) is 9.49. The maximum atomic E-state index is 13.5. The molecule has 1 aromatic heterocycles. The SMILES string of the molecule is COc1ccc(OCC2=NC(Cc3cc4ccc(F)cc4[nH]3)(C(=O)O)CS2)cc1OC. The third-order valence-corrected chi connectivity index (χ3v) is 6.22. The number of carboxylic acid groups (broad SMARTS) is 1. The summed E-state index contributed by atoms with van der Waals surface area (Å²) in [6, 6.07) is 11.4. The molecule has 1 unspecified atom stereocenters. The highest BCUT2D eigenvalue weighted by Gasteiger charge is 2.43. The minimum atomic E-state index is -1.31. The third-order valence-electron chi connectivity index (χ3n) is 5.05. The maximum absolute atomic E-state index is 13.5. The van der Waals surface area contributed by atoms with Gasteiger partial charge < -0.3 is 24.3 Å². The Morgan fingerprint density at radius 1 is 1.19 bits per heavy atom. The highest BCUT2D eigenvalue weighted by atomic mass is 32.2. The fourth-order valence-electron chi connectivity index (χ4n) is 3.48. The van der Waals surface area contributed by atoms with Crippen LogP contribution in [0.1, 0.15) is 5.69 Å². The van der Waals surface area contributed by atoms with Gasteiger partial charge in [0.25, 0.3) is 0 Å². The largest absolute Gasteiger partial charge is 0.493 e. The first-order chi connectivity index (χ1) is 14.9. The Kier molecular flexibility index (Phi) is 5.77. The summed E-state index contributed by atoms with van der Waals surface area (Å²) >= 11 is 1.36. The van der Waals surface area contributed by atoms with Crippen LogP contribution in [0.15, 0.2) is 47.5 Å². The van der Waals surface area contributed by atoms with E-state index in [0.717, 1.165) is 5.39 Å². The van der Waals surface area contributed by atoms with Crippen LogP contribution < -0.4 is 14.2 Å². The number of halogens is 1. The van der Waals surface area contributed by atoms with Gasteiger partial charge in [0.2, 0.25) is 0 Å². The lowest BCUT2D eigenvalue weighted by Gasteiger charge is -2.19. The Morgan fingerprint density at radius 2 is 2.00 bits per heavy atom. The number of thioether (sulfide) groups is 1. The number of methoxy groups -OCH3 is 2. The number of ether oxygens (including phenoxy) is 3. The van der Waals surface area contributed by atoms with Gasteiger partial charge in [0.05, 0.1) is 14.2 Å². The molecule has 7 nitrogen and oxygen atoms in total. The summed E-state index contributed by atoms with van der Waals surface area (Å²) in [5, 5.41) is 11.3. The topological polar surface area (TPSA) is 93.1 Å². The Balaban J connectivity index is 1.50. The molecule has 1 aliphatic rings. The third kappa shape index (κ3) is 4.32. The van der Waals surface area contributed by atoms with Gasteiger partial charge >= 0.3 is 5.97 Å². The first-order valence-corrected chi connectivity index (χ1v) is 10.5. The summed E-state index contributed by atoms with van der Waals surface area (Å²) in [6.07, 6.45) is 0.172. The van der Waals surface area contributed by atoms with Crippen molar-refractivity contribution in [3.05, 3.63) is 54.0 Å². The number of benzene rings is 2. The van der Waals surface area contributed by atoms with Crippen molar-refractivity contribution in [3.8, 4) is 17.2 Å². The number of carbonyl (C=O) groups is 1. The average Bonchev–Trinajstić information content (AvgIpc) is 3.36. The Bertz CT molecular complexity index is 1160. The Morgan fingerprint density at radius 3 is 2.74 bits per heavy atom. The van der Waals surface area contributed by atoms with Gasteiger partial charge in [0.1, 0.15) is 23.2 Å². The van der Waals surface area contributed by atoms with Crippen molar-refractivity contribution in [1.82, 2.24) is 4.98 Å². The van der Waals surface area contributed by atoms with E-state index in [4.69, 9.17) is 14.2 Å². The van der Waals surface area contributed by atoms with Crippen LogP contribution in [0.25, 0.3) is 10.9 Å². The van der Waals surface area contributed by atoms with Crippen molar-refractivity contribution >= 4 is 33.7 Å². The van der Waals surface area contributed by atoms with Crippen molar-refractivity contribution in [1.29, 1.82) is 0 Å². The molecule has 0 saturated carbocycles. The maximum Gasteiger partial charge on any atom is 0.332 e. The number of H-pyrrole nitrogens is 1. The van der Waals surface area contributed by atoms with Crippen LogP contribution >= 0.6 is 11.8 Å². The minimum Gasteiger partial charge on any atom is -0.493 e. The number of aromatic nitrogens is 1. The van der Waals surface area contributed by atoms with E-state index in [9.17, 15) is 14.3 Å². The van der Waals surface area contributed by atoms with Gasteiger partial charge in [-0.15, -0.1) is 11.8 Å². The van der Waals surface area contributed by atoms with Crippen LogP contribution in [0.4, 0.5) is 4.39 Å². The van der Waals surface area contributed by atoms with Crippen LogP contribution in [-0.2, 0) is 11.2 Å². The standard InChI is InChI=1S/C22H21FN2O5S/c1-28-18-6-5-16(9-19(18)29-2)30-11-20-25-22(12-31-20,21(26)27)10-15-7-13-3-4-14(23)8-17(13)24-15/h3-9,24H,10-12H2,1-2H3,(H,26,27). The molecular weight excluding hydrogens is 423 g/mol. The van der Waals surface area contributed by atoms with Gasteiger partial charge in [-0.2, -0.15) is 0 Å². The summed E-state index contributed by atoms with van der Waals surface area (Å²) in [6.45, 7) is 0.146. The zero-order valence-corrected chi connectivity index (χ0v) is 17.8. The summed E-state index contributed by atoms with van der Waals surface area (Å²) < 4.78 is 29.7. The van der Waals surface area contributed by atoms with Crippen LogP contribution in [0, 0.1) is 5.82 Å². The van der Waals surface area contributed by atoms with E-state index in [1.54, 1.807) is 31.4 Å². The zero-order chi connectivity index (χ0) is 22.0. The van der Waals surface area contributed by atoms with Gasteiger partial charge in [-0.05, 0) is 41.8 Å². The summed E-state index contributed by atoms with van der Waals surface area (Å²) in [7, 11) is 3.09. The number of aliphatic carboxylic acids is 1. The molecule has 162 valence electrons. The molecule has 2 aromatic carbocycles. The fourth-order valence-corrected chi connectivity index (χ4v) is 4.55. The van der Waals surface area contributed by atoms with Gasteiger partial charge in [0, 0.05) is 29.5 Å². The predicted octanol–water partition coefficient (Wildman–Crippen LogP) is 3.91. The fraction of sp³-hybridized carbons (Fsp3) is 0.273. The lowest BCUT2D eigenvalue weighted by Crippen LogP contribution is -2.39. The van der Waals surface area contributed by atoms with Crippen LogP contribution in [0.5, 0.6) is 17.2 Å². The molecule has 2 N–H and O–H groups in total. The van der Waals surface area contributed by atoms with E-state index in [2.05, 4.69) is 9.98 Å². The molecule has 9 heteroatoms. The number of aromatic amines is 1. The number of carboxylic acids is 1. The summed E-state index contributed by atoms with van der Waals surface area (Å²) in [4.78, 5) is 19.7. The molecule has 0 aliphatic carbocycles. The average molecular weight is 444 g/mol. The van der Waals surface area contributed by atoms with Gasteiger partial charge in [-0.3, -0.25) is 4.99 Å². The molecule has 3 aromatic rings. The number of hydrogen-bond donors (Lipinski definition) is 2. The van der Waals surface area contributed by atoms with E-state index in [-0.39, 0.29) is 24.6 Å². The van der Waals surface area contributed by atoms with E-state index in [1.165, 1.54) is 31.0 Å². The van der Waals surface area contributed by atoms with E-state index in [0.29, 0.717) is 33.5 Å². The first kappa shape index (κ1) is 21.0. The molecule has 0 fully saturated rings. The second-order valence-electron chi connectivity index (χ2n) is 7.14. The van der Waals surface area contributed by atoms with Crippen LogP contribution in [-0.4, -0.2) is 53.2 Å². The molecule has 2 heterocycles. The van der Waals surface area contributed by atoms with E-state index in [1.807, 2.05) is 6.07 Å². The van der Waals surface area contributed by atoms with Crippen molar-refractivity contribution < 1.29 is 28.5 Å². The number of fused-ring (bicyclic) bond motifs is 1. The van der Waals surface area contributed by atoms with E-state index >= 15 is 0 Å². The summed E-state index contributed by atoms with van der Waals surface area (Å²) in [5.41, 5.74) is 0.0111. The van der Waals surface area contributed by atoms with Crippen molar-refractivity contribution in [3.63, 3.8) is 0 Å². The Hall–Kier alpha value is -3.20. The van der Waals surface area contributed by atoms with Gasteiger partial charge in [0.15, 0.2) is 17.0 Å². The summed E-state index contributed by atoms with van der Waals surface area (Å²) in [5.74, 6) is 0.619. The number of nitrogens with one attached hydrogen (secondary N) is 1. The lowest BCUT2D eigenvalue weighted by molar-refractivity contribution is -0.142. The number of nitrogens with zero attached hydrogens (tertiary/aromatic N) is 1. The molecule has 0 bridgehead atoms. The normalized spacial score (nSPS) is 18.1. The second-order valence-corrected chi connectivity index (χ2v) is 8.19. The monoisotopic (exact) mass is 444 g/mol. The highest BCUT2D eigenvalue weighted by Crippen LogP contribution is 2.34. The molecule has 0 spiro atoms. The van der Waals surface area contributed by atoms with Crippen molar-refractivity contribution in [2.45, 2.75) is 12.0 Å². The number of aliphatic imine (C=N–C) groups is 1. The molecular formula is C22H21FN2O5S. The number of hydrogen-bond acceptors (Lipinski definition) is 6. The van der Waals surface area contributed by atoms with Crippen LogP contribution in [0.3, 0.4) is 0 Å².